The van der Waals surface area contributed by atoms with Crippen molar-refractivity contribution in [3.05, 3.63) is 0 Å². The molecule has 1 heterocycles. The lowest BCUT2D eigenvalue weighted by molar-refractivity contribution is 0.145. The molecule has 2 N–H and O–H groups in total. The van der Waals surface area contributed by atoms with E-state index in [0.29, 0.717) is 12.1 Å². The molecule has 0 spiro atoms. The molecule has 0 aromatic heterocycles. The minimum absolute atomic E-state index is 0.454. The Bertz CT molecular complexity index is 182. The average molecular weight is 240 g/mol. The van der Waals surface area contributed by atoms with E-state index in [1.54, 1.807) is 0 Å². The van der Waals surface area contributed by atoms with Crippen molar-refractivity contribution in [2.75, 3.05) is 13.1 Å². The van der Waals surface area contributed by atoms with Crippen molar-refractivity contribution in [1.29, 1.82) is 0 Å². The number of unbranched alkanes of at least 4 members (excludes halogenated alkanes) is 6. The second kappa shape index (κ2) is 8.93. The van der Waals surface area contributed by atoms with Gasteiger partial charge in [0.15, 0.2) is 0 Å². The van der Waals surface area contributed by atoms with Gasteiger partial charge in [0.2, 0.25) is 0 Å². The fourth-order valence-corrected chi connectivity index (χ4v) is 2.86. The Morgan fingerprint density at radius 1 is 1.06 bits per heavy atom. The third-order valence-corrected chi connectivity index (χ3v) is 4.10. The molecule has 1 rings (SSSR count). The molecule has 0 radical (unpaired) electrons. The van der Waals surface area contributed by atoms with E-state index in [1.165, 1.54) is 70.9 Å². The van der Waals surface area contributed by atoms with Gasteiger partial charge in [-0.25, -0.2) is 0 Å². The highest BCUT2D eigenvalue weighted by atomic mass is 15.2. The van der Waals surface area contributed by atoms with E-state index in [0.717, 1.165) is 0 Å². The molecule has 17 heavy (non-hydrogen) atoms. The maximum Gasteiger partial charge on any atom is 0.00816 e. The second-order valence-electron chi connectivity index (χ2n) is 5.79. The summed E-state index contributed by atoms with van der Waals surface area (Å²) in [5.74, 6) is 0. The van der Waals surface area contributed by atoms with Crippen LogP contribution in [0.4, 0.5) is 0 Å². The van der Waals surface area contributed by atoms with Gasteiger partial charge in [0.25, 0.3) is 0 Å². The lowest BCUT2D eigenvalue weighted by Gasteiger charge is -2.36. The van der Waals surface area contributed by atoms with Crippen LogP contribution in [0.15, 0.2) is 0 Å². The average Bonchev–Trinajstić information content (AvgIpc) is 2.30. The summed E-state index contributed by atoms with van der Waals surface area (Å²) in [4.78, 5) is 2.63. The molecule has 0 bridgehead atoms. The van der Waals surface area contributed by atoms with E-state index in [9.17, 15) is 0 Å². The van der Waals surface area contributed by atoms with E-state index in [-0.39, 0.29) is 0 Å². The molecule has 1 saturated heterocycles. The van der Waals surface area contributed by atoms with Gasteiger partial charge in [-0.2, -0.15) is 0 Å². The zero-order valence-electron chi connectivity index (χ0n) is 12.0. The van der Waals surface area contributed by atoms with Crippen LogP contribution in [-0.2, 0) is 0 Å². The number of nitrogens with two attached hydrogens (primary N) is 1. The molecule has 2 heteroatoms. The summed E-state index contributed by atoms with van der Waals surface area (Å²) in [6, 6.07) is 1.16. The van der Waals surface area contributed by atoms with Crippen molar-refractivity contribution < 1.29 is 0 Å². The molecule has 1 aliphatic heterocycles. The van der Waals surface area contributed by atoms with E-state index < -0.39 is 0 Å². The van der Waals surface area contributed by atoms with Crippen LogP contribution >= 0.6 is 0 Å². The van der Waals surface area contributed by atoms with E-state index in [4.69, 9.17) is 5.73 Å². The van der Waals surface area contributed by atoms with E-state index >= 15 is 0 Å². The molecule has 0 aromatic rings. The number of rotatable bonds is 8. The topological polar surface area (TPSA) is 29.3 Å². The molecule has 0 saturated carbocycles. The van der Waals surface area contributed by atoms with Crippen molar-refractivity contribution in [2.24, 2.45) is 5.73 Å². The Balaban J connectivity index is 1.95. The van der Waals surface area contributed by atoms with Crippen LogP contribution in [0.1, 0.15) is 71.6 Å². The monoisotopic (exact) mass is 240 g/mol. The predicted molar refractivity (Wildman–Crippen MR) is 76.2 cm³/mol. The first-order valence-electron chi connectivity index (χ1n) is 7.73. The summed E-state index contributed by atoms with van der Waals surface area (Å²) < 4.78 is 0. The van der Waals surface area contributed by atoms with Crippen LogP contribution in [0.3, 0.4) is 0 Å². The summed E-state index contributed by atoms with van der Waals surface area (Å²) >= 11 is 0. The first-order valence-corrected chi connectivity index (χ1v) is 7.73. The van der Waals surface area contributed by atoms with Gasteiger partial charge < -0.3 is 10.6 Å². The van der Waals surface area contributed by atoms with Crippen LogP contribution in [-0.4, -0.2) is 30.1 Å². The van der Waals surface area contributed by atoms with Gasteiger partial charge in [-0.1, -0.05) is 45.4 Å². The van der Waals surface area contributed by atoms with Crippen molar-refractivity contribution in [2.45, 2.75) is 83.7 Å². The van der Waals surface area contributed by atoms with Crippen molar-refractivity contribution in [3.63, 3.8) is 0 Å². The number of hydrogen-bond donors (Lipinski definition) is 1. The van der Waals surface area contributed by atoms with Crippen molar-refractivity contribution >= 4 is 0 Å². The SMILES string of the molecule is CCCCCCCCCN1CCC(N)CC1C. The molecule has 2 atom stereocenters. The number of nitrogens with zero attached hydrogens (tertiary/aromatic N) is 1. The third kappa shape index (κ3) is 6.42. The highest BCUT2D eigenvalue weighted by molar-refractivity contribution is 4.80. The lowest BCUT2D eigenvalue weighted by atomic mass is 9.98. The molecule has 0 amide bonds. The van der Waals surface area contributed by atoms with Gasteiger partial charge in [-0.05, 0) is 39.3 Å². The van der Waals surface area contributed by atoms with Crippen molar-refractivity contribution in [1.82, 2.24) is 4.90 Å². The number of hydrogen-bond acceptors (Lipinski definition) is 2. The van der Waals surface area contributed by atoms with Gasteiger partial charge in [0, 0.05) is 12.1 Å². The molecular formula is C15H32N2. The fourth-order valence-electron chi connectivity index (χ4n) is 2.86. The van der Waals surface area contributed by atoms with E-state index in [2.05, 4.69) is 18.7 Å². The highest BCUT2D eigenvalue weighted by Crippen LogP contribution is 2.17. The predicted octanol–water partition coefficient (Wildman–Crippen LogP) is 3.55. The van der Waals surface area contributed by atoms with Gasteiger partial charge in [-0.15, -0.1) is 0 Å². The Morgan fingerprint density at radius 3 is 2.35 bits per heavy atom. The van der Waals surface area contributed by atoms with Gasteiger partial charge in [-0.3, -0.25) is 0 Å². The standard InChI is InChI=1S/C15H32N2/c1-3-4-5-6-7-8-9-11-17-12-10-15(16)13-14(17)2/h14-15H,3-13,16H2,1-2H3. The van der Waals surface area contributed by atoms with Gasteiger partial charge in [0.1, 0.15) is 0 Å². The number of piperidine rings is 1. The zero-order chi connectivity index (χ0) is 12.5. The fraction of sp³-hybridized carbons (Fsp3) is 1.00. The summed E-state index contributed by atoms with van der Waals surface area (Å²) in [5.41, 5.74) is 5.98. The highest BCUT2D eigenvalue weighted by Gasteiger charge is 2.22. The summed E-state index contributed by atoms with van der Waals surface area (Å²) in [7, 11) is 0. The molecule has 0 aliphatic carbocycles. The molecule has 2 unspecified atom stereocenters. The van der Waals surface area contributed by atoms with Crippen LogP contribution in [0.25, 0.3) is 0 Å². The van der Waals surface area contributed by atoms with Crippen LogP contribution in [0.2, 0.25) is 0 Å². The van der Waals surface area contributed by atoms with Crippen LogP contribution in [0.5, 0.6) is 0 Å². The Hall–Kier alpha value is -0.0800. The largest absolute Gasteiger partial charge is 0.328 e. The molecular weight excluding hydrogens is 208 g/mol. The Labute approximate surface area is 108 Å². The molecule has 1 aliphatic rings. The normalized spacial score (nSPS) is 26.3. The quantitative estimate of drug-likeness (QED) is 0.657. The van der Waals surface area contributed by atoms with Crippen LogP contribution < -0.4 is 5.73 Å². The lowest BCUT2D eigenvalue weighted by Crippen LogP contribution is -2.45. The van der Waals surface area contributed by atoms with Crippen molar-refractivity contribution in [3.8, 4) is 0 Å². The van der Waals surface area contributed by atoms with Gasteiger partial charge in [0.05, 0.1) is 0 Å². The number of likely N-dealkylation sites (tertiary alicyclic amines) is 1. The second-order valence-corrected chi connectivity index (χ2v) is 5.79. The molecule has 2 nitrogen and oxygen atoms in total. The molecule has 102 valence electrons. The smallest absolute Gasteiger partial charge is 0.00816 e. The summed E-state index contributed by atoms with van der Waals surface area (Å²) in [6.45, 7) is 7.13. The Morgan fingerprint density at radius 2 is 1.71 bits per heavy atom. The summed E-state index contributed by atoms with van der Waals surface area (Å²) in [5, 5.41) is 0. The van der Waals surface area contributed by atoms with Crippen LogP contribution in [0, 0.1) is 0 Å². The van der Waals surface area contributed by atoms with Gasteiger partial charge >= 0.3 is 0 Å². The third-order valence-electron chi connectivity index (χ3n) is 4.10. The molecule has 0 aromatic carbocycles. The first-order chi connectivity index (χ1) is 8.24. The summed E-state index contributed by atoms with van der Waals surface area (Å²) in [6.07, 6.45) is 12.3. The Kier molecular flexibility index (Phi) is 7.87. The first kappa shape index (κ1) is 15.0. The zero-order valence-corrected chi connectivity index (χ0v) is 12.0. The minimum atomic E-state index is 0.454. The van der Waals surface area contributed by atoms with E-state index in [1.807, 2.05) is 0 Å². The maximum absolute atomic E-state index is 5.98. The maximum atomic E-state index is 5.98. The molecule has 1 fully saturated rings. The minimum Gasteiger partial charge on any atom is -0.328 e.